The van der Waals surface area contributed by atoms with Gasteiger partial charge < -0.3 is 0 Å². The summed E-state index contributed by atoms with van der Waals surface area (Å²) >= 11 is 0. The highest BCUT2D eigenvalue weighted by molar-refractivity contribution is 8.19. The fraction of sp³-hybridized carbons (Fsp3) is 1.00. The average Bonchev–Trinajstić information content (AvgIpc) is 1.44. The molecule has 0 spiro atoms. The fourth-order valence-electron chi connectivity index (χ4n) is 0.412. The van der Waals surface area contributed by atoms with Crippen LogP contribution >= 0.6 is 0 Å². The Kier molecular flexibility index (Phi) is 3.01. The molecule has 6 nitrogen and oxygen atoms in total. The highest BCUT2D eigenvalue weighted by Crippen LogP contribution is 2.21. The minimum atomic E-state index is -6.41. The summed E-state index contributed by atoms with van der Waals surface area (Å²) in [6.45, 7) is 0. The Morgan fingerprint density at radius 2 is 0.769 bits per heavy atom. The molecule has 80 valence electrons. The van der Waals surface area contributed by atoms with E-state index in [9.17, 15) is 36.9 Å². The van der Waals surface area contributed by atoms with Crippen molar-refractivity contribution in [1.29, 1.82) is 0 Å². The van der Waals surface area contributed by atoms with E-state index in [0.29, 0.717) is 0 Å². The normalized spacial score (nSPS) is 14.8. The van der Waals surface area contributed by atoms with Crippen molar-refractivity contribution in [2.45, 2.75) is 3.91 Å². The molecule has 0 N–H and O–H groups in total. The molecule has 0 aromatic carbocycles. The Morgan fingerprint density at radius 3 is 0.769 bits per heavy atom. The molecule has 0 heterocycles. The summed E-state index contributed by atoms with van der Waals surface area (Å²) in [7, 11) is -19.2. The summed E-state index contributed by atoms with van der Waals surface area (Å²) in [6.07, 6.45) is 0. The third-order valence-electron chi connectivity index (χ3n) is 0.690. The van der Waals surface area contributed by atoms with Gasteiger partial charge in [-0.15, -0.1) is 11.7 Å². The summed E-state index contributed by atoms with van der Waals surface area (Å²) in [4.78, 5) is 0. The molecule has 0 aliphatic heterocycles. The van der Waals surface area contributed by atoms with Gasteiger partial charge in [-0.25, -0.2) is 0 Å². The lowest BCUT2D eigenvalue weighted by atomic mass is 11.9. The number of rotatable bonds is 3. The van der Waals surface area contributed by atoms with Gasteiger partial charge in [-0.05, 0) is 0 Å². The third-order valence-corrected chi connectivity index (χ3v) is 6.21. The van der Waals surface area contributed by atoms with Gasteiger partial charge >= 0.3 is 34.6 Å². The molecule has 0 saturated carbocycles. The van der Waals surface area contributed by atoms with Gasteiger partial charge in [-0.2, -0.15) is 25.3 Å². The molecule has 13 heavy (non-hydrogen) atoms. The van der Waals surface area contributed by atoms with E-state index in [-0.39, 0.29) is 0 Å². The molecule has 0 bridgehead atoms. The van der Waals surface area contributed by atoms with Crippen molar-refractivity contribution in [1.82, 2.24) is 0 Å². The first-order valence-electron chi connectivity index (χ1n) is 2.17. The van der Waals surface area contributed by atoms with E-state index in [1.54, 1.807) is 0 Å². The molecule has 0 aliphatic carbocycles. The van der Waals surface area contributed by atoms with E-state index in [4.69, 9.17) is 0 Å². The van der Waals surface area contributed by atoms with Crippen LogP contribution in [-0.2, 0) is 30.7 Å². The minimum Gasteiger partial charge on any atom is -0.192 e. The van der Waals surface area contributed by atoms with Crippen LogP contribution in [0, 0.1) is 0 Å². The Morgan fingerprint density at radius 1 is 0.615 bits per heavy atom. The molecule has 0 aliphatic rings. The Labute approximate surface area is 72.0 Å². The maximum atomic E-state index is 11.8. The van der Waals surface area contributed by atoms with Crippen molar-refractivity contribution in [3.8, 4) is 0 Å². The van der Waals surface area contributed by atoms with Crippen LogP contribution in [-0.4, -0.2) is 29.2 Å². The van der Waals surface area contributed by atoms with Crippen LogP contribution in [0.2, 0.25) is 0 Å². The highest BCUT2D eigenvalue weighted by atomic mass is 32.4. The zero-order chi connectivity index (χ0) is 11.1. The van der Waals surface area contributed by atoms with E-state index >= 15 is 0 Å². The highest BCUT2D eigenvalue weighted by Gasteiger charge is 2.50. The molecular weight excluding hydrogens is 261 g/mol. The van der Waals surface area contributed by atoms with Crippen molar-refractivity contribution < 1.29 is 36.9 Å². The van der Waals surface area contributed by atoms with Gasteiger partial charge in [0.1, 0.15) is 0 Å². The second-order valence-electron chi connectivity index (χ2n) is 1.72. The predicted octanol–water partition coefficient (Wildman–Crippen LogP) is -0.832. The summed E-state index contributed by atoms with van der Waals surface area (Å²) < 4.78 is 89.3. The van der Waals surface area contributed by atoms with Crippen molar-refractivity contribution >= 4 is 30.7 Å². The predicted molar refractivity (Wildman–Crippen MR) is 33.9 cm³/mol. The Balaban J connectivity index is 5.87. The lowest BCUT2D eigenvalue weighted by Crippen LogP contribution is -2.30. The second-order valence-corrected chi connectivity index (χ2v) is 6.88. The van der Waals surface area contributed by atoms with Gasteiger partial charge in [0.15, 0.2) is 0 Å². The van der Waals surface area contributed by atoms with Gasteiger partial charge in [0.2, 0.25) is 0 Å². The van der Waals surface area contributed by atoms with E-state index in [0.717, 1.165) is 0 Å². The molecule has 0 atom stereocenters. The van der Waals surface area contributed by atoms with Crippen LogP contribution in [0.5, 0.6) is 0 Å². The van der Waals surface area contributed by atoms with Gasteiger partial charge in [-0.1, -0.05) is 0 Å². The molecule has 0 aromatic rings. The van der Waals surface area contributed by atoms with Crippen LogP contribution in [0.3, 0.4) is 0 Å². The maximum Gasteiger partial charge on any atom is 0.349 e. The van der Waals surface area contributed by atoms with Crippen LogP contribution < -0.4 is 0 Å². The van der Waals surface area contributed by atoms with Gasteiger partial charge in [0.25, 0.3) is 0 Å². The molecule has 0 radical (unpaired) electrons. The van der Waals surface area contributed by atoms with Gasteiger partial charge in [-0.3, -0.25) is 0 Å². The zero-order valence-electron chi connectivity index (χ0n) is 5.39. The molecule has 0 fully saturated rings. The van der Waals surface area contributed by atoms with Crippen LogP contribution in [0.4, 0.5) is 11.7 Å². The van der Waals surface area contributed by atoms with Crippen molar-refractivity contribution in [2.24, 2.45) is 0 Å². The number of hydrogen-bond donors (Lipinski definition) is 0. The third kappa shape index (κ3) is 3.48. The average molecular weight is 262 g/mol. The quantitative estimate of drug-likeness (QED) is 0.615. The molecule has 0 rings (SSSR count). The zero-order valence-corrected chi connectivity index (χ0v) is 7.83. The van der Waals surface area contributed by atoms with Crippen molar-refractivity contribution in [3.05, 3.63) is 0 Å². The van der Waals surface area contributed by atoms with E-state index in [2.05, 4.69) is 0 Å². The second kappa shape index (κ2) is 3.09. The lowest BCUT2D eigenvalue weighted by molar-refractivity contribution is 0.522. The van der Waals surface area contributed by atoms with Crippen LogP contribution in [0.1, 0.15) is 0 Å². The largest absolute Gasteiger partial charge is 0.349 e. The lowest BCUT2D eigenvalue weighted by Gasteiger charge is -2.01. The van der Waals surface area contributed by atoms with Crippen molar-refractivity contribution in [3.63, 3.8) is 0 Å². The first-order valence-corrected chi connectivity index (χ1v) is 6.51. The molecule has 0 saturated heterocycles. The molecular formula is CHF3O6S3. The van der Waals surface area contributed by atoms with E-state index in [1.165, 1.54) is 0 Å². The minimum absolute atomic E-state index is 4.35. The first-order chi connectivity index (χ1) is 5.37. The van der Waals surface area contributed by atoms with Gasteiger partial charge in [0, 0.05) is 0 Å². The summed E-state index contributed by atoms with van der Waals surface area (Å²) in [5.41, 5.74) is 0. The summed E-state index contributed by atoms with van der Waals surface area (Å²) in [5.74, 6) is 0. The summed E-state index contributed by atoms with van der Waals surface area (Å²) in [6, 6.07) is 0. The monoisotopic (exact) mass is 262 g/mol. The smallest absolute Gasteiger partial charge is 0.192 e. The molecule has 0 unspecified atom stereocenters. The van der Waals surface area contributed by atoms with E-state index < -0.39 is 34.6 Å². The van der Waals surface area contributed by atoms with Gasteiger partial charge in [0.05, 0.1) is 0 Å². The number of halogens is 3. The molecule has 0 amide bonds. The fourth-order valence-corrected chi connectivity index (χ4v) is 3.71. The Bertz CT molecular complexity index is 405. The summed E-state index contributed by atoms with van der Waals surface area (Å²) in [5, 5.41) is 0. The SMILES string of the molecule is O=S(=O)(F)C(S(=O)(=O)F)S(=O)(=O)F. The molecule has 12 heteroatoms. The topological polar surface area (TPSA) is 102 Å². The van der Waals surface area contributed by atoms with Crippen molar-refractivity contribution in [2.75, 3.05) is 0 Å². The van der Waals surface area contributed by atoms with E-state index in [1.807, 2.05) is 0 Å². The van der Waals surface area contributed by atoms with Crippen LogP contribution in [0.15, 0.2) is 0 Å². The standard InChI is InChI=1S/CHF3O6S3/c2-11(5,6)1(12(3,7)8)13(4,9)10/h1H. The van der Waals surface area contributed by atoms with Crippen LogP contribution in [0.25, 0.3) is 0 Å². The maximum absolute atomic E-state index is 11.8. The first kappa shape index (κ1) is 12.6. The molecule has 0 aromatic heterocycles. The number of hydrogen-bond acceptors (Lipinski definition) is 6. The Hall–Kier alpha value is -0.360.